The van der Waals surface area contributed by atoms with E-state index >= 15 is 0 Å². The Balaban J connectivity index is 1.72. The molecule has 0 saturated heterocycles. The lowest BCUT2D eigenvalue weighted by Crippen LogP contribution is -2.54. The molecule has 2 fully saturated rings. The van der Waals surface area contributed by atoms with Gasteiger partial charge in [-0.2, -0.15) is 0 Å². The van der Waals surface area contributed by atoms with Gasteiger partial charge in [0, 0.05) is 12.3 Å². The molecule has 0 radical (unpaired) electrons. The van der Waals surface area contributed by atoms with Crippen LogP contribution >= 0.6 is 0 Å². The minimum atomic E-state index is -3.87. The Morgan fingerprint density at radius 1 is 0.973 bits per heavy atom. The maximum Gasteiger partial charge on any atom is 0.408 e. The molecule has 9 nitrogen and oxygen atoms in total. The molecule has 0 unspecified atom stereocenters. The molecule has 2 aliphatic carbocycles. The number of sulfonamides is 1. The zero-order valence-corrected chi connectivity index (χ0v) is 23.8. The van der Waals surface area contributed by atoms with Gasteiger partial charge in [-0.3, -0.25) is 14.3 Å². The van der Waals surface area contributed by atoms with Crippen molar-refractivity contribution >= 4 is 28.0 Å². The molecule has 0 aromatic heterocycles. The van der Waals surface area contributed by atoms with E-state index < -0.39 is 37.9 Å². The van der Waals surface area contributed by atoms with Gasteiger partial charge in [-0.15, -0.1) is 6.58 Å². The number of alkyl carbamates (subject to hydrolysis) is 1. The van der Waals surface area contributed by atoms with Crippen molar-refractivity contribution in [3.8, 4) is 0 Å². The standard InChI is InChI=1S/C27H46N2O7S/c1-6-21-20-27(21,28-24(32)36-25(2,3)4)23(31)29-37(33,34)26(18-19-26)17-15-13-11-9-7-8-10-12-14-16-22(30)35-5/h6,21H,1,7-20H2,2-5H3,(H,28,32)(H,29,31)/t21-,27-/m1/s1. The summed E-state index contributed by atoms with van der Waals surface area (Å²) in [6.45, 7) is 8.85. The molecule has 2 atom stereocenters. The minimum absolute atomic E-state index is 0.152. The van der Waals surface area contributed by atoms with Gasteiger partial charge in [-0.25, -0.2) is 13.2 Å². The Labute approximate surface area is 222 Å². The van der Waals surface area contributed by atoms with E-state index in [-0.39, 0.29) is 18.3 Å². The minimum Gasteiger partial charge on any atom is -0.469 e. The molecule has 0 aromatic rings. The van der Waals surface area contributed by atoms with Gasteiger partial charge in [-0.1, -0.05) is 57.4 Å². The van der Waals surface area contributed by atoms with Crippen LogP contribution in [0.5, 0.6) is 0 Å². The van der Waals surface area contributed by atoms with Crippen molar-refractivity contribution < 1.29 is 32.3 Å². The van der Waals surface area contributed by atoms with Gasteiger partial charge in [0.25, 0.3) is 5.91 Å². The zero-order valence-electron chi connectivity index (χ0n) is 23.0. The monoisotopic (exact) mass is 542 g/mol. The first kappa shape index (κ1) is 31.1. The summed E-state index contributed by atoms with van der Waals surface area (Å²) in [5.74, 6) is -1.22. The number of esters is 1. The molecule has 37 heavy (non-hydrogen) atoms. The smallest absolute Gasteiger partial charge is 0.408 e. The molecule has 2 amide bonds. The fourth-order valence-electron chi connectivity index (χ4n) is 4.69. The van der Waals surface area contributed by atoms with Gasteiger partial charge in [0.15, 0.2) is 0 Å². The number of rotatable bonds is 17. The van der Waals surface area contributed by atoms with Crippen molar-refractivity contribution in [1.82, 2.24) is 10.0 Å². The molecule has 2 aliphatic rings. The summed E-state index contributed by atoms with van der Waals surface area (Å²) < 4.78 is 37.5. The molecule has 0 aromatic carbocycles. The van der Waals surface area contributed by atoms with Gasteiger partial charge >= 0.3 is 12.1 Å². The highest BCUT2D eigenvalue weighted by Gasteiger charge is 2.63. The van der Waals surface area contributed by atoms with Crippen molar-refractivity contribution in [3.05, 3.63) is 12.7 Å². The van der Waals surface area contributed by atoms with E-state index in [2.05, 4.69) is 21.4 Å². The highest BCUT2D eigenvalue weighted by atomic mass is 32.2. The van der Waals surface area contributed by atoms with E-state index in [1.54, 1.807) is 26.8 Å². The summed E-state index contributed by atoms with van der Waals surface area (Å²) in [6.07, 6.45) is 12.4. The Kier molecular flexibility index (Phi) is 11.0. The topological polar surface area (TPSA) is 128 Å². The number of unbranched alkanes of at least 4 members (excludes halogenated alkanes) is 8. The van der Waals surface area contributed by atoms with Crippen molar-refractivity contribution in [2.24, 2.45) is 5.92 Å². The Hall–Kier alpha value is -2.10. The first-order valence-corrected chi connectivity index (χ1v) is 15.1. The normalized spacial score (nSPS) is 22.0. The molecule has 0 aliphatic heterocycles. The SMILES string of the molecule is C=C[C@@H]1C[C@]1(NC(=O)OC(C)(C)C)C(=O)NS(=O)(=O)C1(CCCCCCCCCCCC(=O)OC)CC1. The quantitative estimate of drug-likeness (QED) is 0.152. The van der Waals surface area contributed by atoms with Crippen molar-refractivity contribution in [2.75, 3.05) is 7.11 Å². The van der Waals surface area contributed by atoms with E-state index in [0.717, 1.165) is 57.8 Å². The number of nitrogens with one attached hydrogen (secondary N) is 2. The van der Waals surface area contributed by atoms with Crippen molar-refractivity contribution in [1.29, 1.82) is 0 Å². The van der Waals surface area contributed by atoms with Crippen LogP contribution in [0.3, 0.4) is 0 Å². The predicted molar refractivity (Wildman–Crippen MR) is 142 cm³/mol. The molecule has 10 heteroatoms. The van der Waals surface area contributed by atoms with Gasteiger partial charge in [0.1, 0.15) is 11.1 Å². The molecular weight excluding hydrogens is 496 g/mol. The molecule has 2 N–H and O–H groups in total. The summed E-state index contributed by atoms with van der Waals surface area (Å²) in [6, 6.07) is 0. The molecular formula is C27H46N2O7S. The highest BCUT2D eigenvalue weighted by Crippen LogP contribution is 2.49. The lowest BCUT2D eigenvalue weighted by molar-refractivity contribution is -0.140. The summed E-state index contributed by atoms with van der Waals surface area (Å²) in [5.41, 5.74) is -2.08. The number of hydrogen-bond acceptors (Lipinski definition) is 7. The van der Waals surface area contributed by atoms with E-state index in [9.17, 15) is 22.8 Å². The fraction of sp³-hybridized carbons (Fsp3) is 0.815. The van der Waals surface area contributed by atoms with Crippen LogP contribution in [0.4, 0.5) is 4.79 Å². The van der Waals surface area contributed by atoms with Crippen LogP contribution in [-0.4, -0.2) is 49.4 Å². The maximum atomic E-state index is 13.1. The predicted octanol–water partition coefficient (Wildman–Crippen LogP) is 4.90. The number of hydrogen-bond donors (Lipinski definition) is 2. The summed E-state index contributed by atoms with van der Waals surface area (Å²) in [4.78, 5) is 36.4. The van der Waals surface area contributed by atoms with E-state index in [1.165, 1.54) is 7.11 Å². The number of carbonyl (C=O) groups excluding carboxylic acids is 3. The molecule has 0 bridgehead atoms. The van der Waals surface area contributed by atoms with Crippen LogP contribution < -0.4 is 10.0 Å². The second kappa shape index (κ2) is 13.1. The Morgan fingerprint density at radius 3 is 1.97 bits per heavy atom. The molecule has 2 saturated carbocycles. The lowest BCUT2D eigenvalue weighted by Gasteiger charge is -2.24. The van der Waals surface area contributed by atoms with Gasteiger partial charge < -0.3 is 14.8 Å². The Morgan fingerprint density at radius 2 is 1.51 bits per heavy atom. The highest BCUT2D eigenvalue weighted by molar-refractivity contribution is 7.91. The summed E-state index contributed by atoms with van der Waals surface area (Å²) in [5, 5.41) is 2.59. The van der Waals surface area contributed by atoms with Crippen LogP contribution in [0.2, 0.25) is 0 Å². The maximum absolute atomic E-state index is 13.1. The Bertz CT molecular complexity index is 922. The number of amides is 2. The third-order valence-corrected chi connectivity index (χ3v) is 9.48. The van der Waals surface area contributed by atoms with Crippen LogP contribution in [0.25, 0.3) is 0 Å². The van der Waals surface area contributed by atoms with E-state index in [0.29, 0.717) is 25.7 Å². The largest absolute Gasteiger partial charge is 0.469 e. The molecule has 0 heterocycles. The zero-order chi connectivity index (χ0) is 27.7. The second-order valence-corrected chi connectivity index (χ2v) is 13.6. The number of carbonyl (C=O) groups is 3. The summed E-state index contributed by atoms with van der Waals surface area (Å²) >= 11 is 0. The molecule has 0 spiro atoms. The van der Waals surface area contributed by atoms with Crippen LogP contribution in [-0.2, 0) is 29.1 Å². The second-order valence-electron chi connectivity index (χ2n) is 11.5. The average Bonchev–Trinajstić information content (AvgIpc) is 3.71. The molecule has 212 valence electrons. The first-order chi connectivity index (χ1) is 17.3. The fourth-order valence-corrected chi connectivity index (χ4v) is 6.38. The van der Waals surface area contributed by atoms with Crippen LogP contribution in [0.15, 0.2) is 12.7 Å². The van der Waals surface area contributed by atoms with E-state index in [4.69, 9.17) is 4.74 Å². The van der Waals surface area contributed by atoms with Crippen LogP contribution in [0, 0.1) is 5.92 Å². The third kappa shape index (κ3) is 9.30. The van der Waals surface area contributed by atoms with Crippen molar-refractivity contribution in [2.45, 2.75) is 127 Å². The number of methoxy groups -OCH3 is 1. The van der Waals surface area contributed by atoms with E-state index in [1.807, 2.05) is 0 Å². The average molecular weight is 543 g/mol. The van der Waals surface area contributed by atoms with Gasteiger partial charge in [-0.05, 0) is 52.9 Å². The third-order valence-electron chi connectivity index (χ3n) is 7.27. The lowest BCUT2D eigenvalue weighted by atomic mass is 10.0. The molecule has 2 rings (SSSR count). The summed E-state index contributed by atoms with van der Waals surface area (Å²) in [7, 11) is -2.46. The van der Waals surface area contributed by atoms with Crippen LogP contribution in [0.1, 0.15) is 111 Å². The van der Waals surface area contributed by atoms with Gasteiger partial charge in [0.2, 0.25) is 10.0 Å². The number of ether oxygens (including phenoxy) is 2. The first-order valence-electron chi connectivity index (χ1n) is 13.6. The van der Waals surface area contributed by atoms with Crippen molar-refractivity contribution in [3.63, 3.8) is 0 Å². The van der Waals surface area contributed by atoms with Gasteiger partial charge in [0.05, 0.1) is 11.9 Å².